The molecule has 2 heteroatoms. The molecular formula is C8H18N2. The van der Waals surface area contributed by atoms with Gasteiger partial charge in [-0.2, -0.15) is 0 Å². The minimum atomic E-state index is 0.338. The monoisotopic (exact) mass is 142 g/mol. The molecule has 0 aromatic carbocycles. The van der Waals surface area contributed by atoms with Crippen LogP contribution in [0.15, 0.2) is 0 Å². The summed E-state index contributed by atoms with van der Waals surface area (Å²) < 4.78 is 0. The van der Waals surface area contributed by atoms with Crippen LogP contribution in [-0.4, -0.2) is 18.8 Å². The topological polar surface area (TPSA) is 24.1 Å². The Kier molecular flexibility index (Phi) is 2.02. The Morgan fingerprint density at radius 1 is 1.30 bits per heavy atom. The van der Waals surface area contributed by atoms with Gasteiger partial charge in [-0.05, 0) is 12.3 Å². The average molecular weight is 142 g/mol. The lowest BCUT2D eigenvalue weighted by Gasteiger charge is -2.27. The van der Waals surface area contributed by atoms with Crippen molar-refractivity contribution in [3.63, 3.8) is 0 Å². The summed E-state index contributed by atoms with van der Waals surface area (Å²) in [6.07, 6.45) is 0.488. The molecule has 1 rings (SSSR count). The fourth-order valence-corrected chi connectivity index (χ4v) is 1.25. The summed E-state index contributed by atoms with van der Waals surface area (Å²) >= 11 is 0. The first-order valence-electron chi connectivity index (χ1n) is 3.99. The Bertz CT molecular complexity index is 115. The lowest BCUT2D eigenvalue weighted by molar-refractivity contribution is 0.267. The van der Waals surface area contributed by atoms with Gasteiger partial charge in [-0.15, -0.1) is 0 Å². The summed E-state index contributed by atoms with van der Waals surface area (Å²) in [6, 6.07) is 0.629. The predicted octanol–water partition coefficient (Wildman–Crippen LogP) is 0.940. The van der Waals surface area contributed by atoms with E-state index in [1.54, 1.807) is 0 Å². The highest BCUT2D eigenvalue weighted by atomic mass is 15.2. The van der Waals surface area contributed by atoms with Crippen LogP contribution in [0.1, 0.15) is 27.7 Å². The van der Waals surface area contributed by atoms with Crippen LogP contribution < -0.4 is 10.6 Å². The van der Waals surface area contributed by atoms with Gasteiger partial charge in [0.15, 0.2) is 0 Å². The van der Waals surface area contributed by atoms with E-state index in [1.165, 1.54) is 0 Å². The van der Waals surface area contributed by atoms with Crippen LogP contribution in [0.2, 0.25) is 0 Å². The zero-order chi connectivity index (χ0) is 7.78. The molecule has 1 saturated heterocycles. The summed E-state index contributed by atoms with van der Waals surface area (Å²) in [6.45, 7) is 10.0. The molecule has 2 atom stereocenters. The summed E-state index contributed by atoms with van der Waals surface area (Å²) in [5.74, 6) is 0. The highest BCUT2D eigenvalue weighted by molar-refractivity contribution is 4.87. The molecule has 1 aliphatic heterocycles. The van der Waals surface area contributed by atoms with Crippen molar-refractivity contribution in [1.82, 2.24) is 10.6 Å². The maximum Gasteiger partial charge on any atom is 0.0624 e. The Hall–Kier alpha value is -0.0800. The number of hydrogen-bond acceptors (Lipinski definition) is 2. The van der Waals surface area contributed by atoms with Crippen molar-refractivity contribution < 1.29 is 0 Å². The van der Waals surface area contributed by atoms with Crippen molar-refractivity contribution in [2.75, 3.05) is 6.54 Å². The van der Waals surface area contributed by atoms with E-state index in [1.807, 2.05) is 0 Å². The molecule has 0 aromatic heterocycles. The molecule has 2 nitrogen and oxygen atoms in total. The number of rotatable bonds is 0. The van der Waals surface area contributed by atoms with Crippen molar-refractivity contribution >= 4 is 0 Å². The van der Waals surface area contributed by atoms with Crippen molar-refractivity contribution in [1.29, 1.82) is 0 Å². The lowest BCUT2D eigenvalue weighted by atomic mass is 9.93. The second kappa shape index (κ2) is 2.51. The van der Waals surface area contributed by atoms with Crippen LogP contribution in [0.5, 0.6) is 0 Å². The SMILES string of the molecule is CC1CNC(C(C)(C)C)N1. The number of nitrogens with one attached hydrogen (secondary N) is 2. The Morgan fingerprint density at radius 3 is 2.10 bits per heavy atom. The minimum Gasteiger partial charge on any atom is -0.300 e. The highest BCUT2D eigenvalue weighted by Gasteiger charge is 2.29. The molecule has 0 amide bonds. The first-order valence-corrected chi connectivity index (χ1v) is 3.99. The lowest BCUT2D eigenvalue weighted by Crippen LogP contribution is -2.43. The summed E-state index contributed by atoms with van der Waals surface area (Å²) in [4.78, 5) is 0. The third-order valence-electron chi connectivity index (χ3n) is 1.95. The third kappa shape index (κ3) is 1.70. The largest absolute Gasteiger partial charge is 0.300 e. The van der Waals surface area contributed by atoms with E-state index in [0.29, 0.717) is 17.6 Å². The molecule has 60 valence electrons. The summed E-state index contributed by atoms with van der Waals surface area (Å²) in [7, 11) is 0. The molecule has 0 aliphatic carbocycles. The zero-order valence-electron chi connectivity index (χ0n) is 7.36. The van der Waals surface area contributed by atoms with Crippen LogP contribution in [0.3, 0.4) is 0 Å². The van der Waals surface area contributed by atoms with Crippen LogP contribution >= 0.6 is 0 Å². The molecule has 1 aliphatic rings. The van der Waals surface area contributed by atoms with E-state index < -0.39 is 0 Å². The molecule has 0 spiro atoms. The van der Waals surface area contributed by atoms with E-state index >= 15 is 0 Å². The van der Waals surface area contributed by atoms with Gasteiger partial charge in [-0.25, -0.2) is 0 Å². The molecule has 2 N–H and O–H groups in total. The second-order valence-electron chi connectivity index (χ2n) is 4.28. The summed E-state index contributed by atoms with van der Waals surface area (Å²) in [5.41, 5.74) is 0.338. The van der Waals surface area contributed by atoms with Crippen molar-refractivity contribution in [2.24, 2.45) is 5.41 Å². The smallest absolute Gasteiger partial charge is 0.0624 e. The van der Waals surface area contributed by atoms with Gasteiger partial charge in [0.05, 0.1) is 6.17 Å². The van der Waals surface area contributed by atoms with Crippen LogP contribution in [0, 0.1) is 5.41 Å². The molecule has 1 heterocycles. The fraction of sp³-hybridized carbons (Fsp3) is 1.00. The first-order chi connectivity index (χ1) is 4.50. The molecule has 0 saturated carbocycles. The normalized spacial score (nSPS) is 34.8. The Morgan fingerprint density at radius 2 is 1.90 bits per heavy atom. The van der Waals surface area contributed by atoms with Crippen LogP contribution in [0.25, 0.3) is 0 Å². The van der Waals surface area contributed by atoms with Gasteiger partial charge in [-0.1, -0.05) is 20.8 Å². The number of hydrogen-bond donors (Lipinski definition) is 2. The van der Waals surface area contributed by atoms with Gasteiger partial charge in [0, 0.05) is 12.6 Å². The van der Waals surface area contributed by atoms with E-state index in [0.717, 1.165) is 6.54 Å². The molecule has 0 bridgehead atoms. The molecule has 0 aromatic rings. The van der Waals surface area contributed by atoms with Gasteiger partial charge in [0.1, 0.15) is 0 Å². The van der Waals surface area contributed by atoms with Gasteiger partial charge in [0.25, 0.3) is 0 Å². The van der Waals surface area contributed by atoms with Crippen LogP contribution in [-0.2, 0) is 0 Å². The first kappa shape index (κ1) is 8.02. The zero-order valence-corrected chi connectivity index (χ0v) is 7.36. The maximum absolute atomic E-state index is 3.48. The highest BCUT2D eigenvalue weighted by Crippen LogP contribution is 2.19. The quantitative estimate of drug-likeness (QED) is 0.526. The second-order valence-corrected chi connectivity index (χ2v) is 4.28. The summed E-state index contributed by atoms with van der Waals surface area (Å²) in [5, 5.41) is 6.92. The van der Waals surface area contributed by atoms with E-state index in [2.05, 4.69) is 38.3 Å². The maximum atomic E-state index is 3.48. The van der Waals surface area contributed by atoms with Crippen molar-refractivity contribution in [3.8, 4) is 0 Å². The van der Waals surface area contributed by atoms with Gasteiger partial charge in [0.2, 0.25) is 0 Å². The third-order valence-corrected chi connectivity index (χ3v) is 1.95. The fourth-order valence-electron chi connectivity index (χ4n) is 1.25. The van der Waals surface area contributed by atoms with Crippen molar-refractivity contribution in [3.05, 3.63) is 0 Å². The average Bonchev–Trinajstić information content (AvgIpc) is 2.11. The predicted molar refractivity (Wildman–Crippen MR) is 43.8 cm³/mol. The van der Waals surface area contributed by atoms with Crippen molar-refractivity contribution in [2.45, 2.75) is 39.9 Å². The van der Waals surface area contributed by atoms with Gasteiger partial charge >= 0.3 is 0 Å². The molecule has 0 radical (unpaired) electrons. The van der Waals surface area contributed by atoms with E-state index in [-0.39, 0.29) is 0 Å². The molecule has 1 fully saturated rings. The Labute approximate surface area is 63.4 Å². The molecular weight excluding hydrogens is 124 g/mol. The van der Waals surface area contributed by atoms with Gasteiger partial charge in [-0.3, -0.25) is 10.6 Å². The minimum absolute atomic E-state index is 0.338. The molecule has 2 unspecified atom stereocenters. The van der Waals surface area contributed by atoms with Gasteiger partial charge < -0.3 is 0 Å². The van der Waals surface area contributed by atoms with E-state index in [9.17, 15) is 0 Å². The Balaban J connectivity index is 2.45. The van der Waals surface area contributed by atoms with E-state index in [4.69, 9.17) is 0 Å². The molecule has 10 heavy (non-hydrogen) atoms. The standard InChI is InChI=1S/C8H18N2/c1-6-5-9-7(10-6)8(2,3)4/h6-7,9-10H,5H2,1-4H3. The van der Waals surface area contributed by atoms with Crippen LogP contribution in [0.4, 0.5) is 0 Å².